The molecule has 0 spiro atoms. The van der Waals surface area contributed by atoms with Gasteiger partial charge >= 0.3 is 0 Å². The van der Waals surface area contributed by atoms with Gasteiger partial charge in [-0.3, -0.25) is 4.98 Å². The molecule has 1 aliphatic heterocycles. The first-order chi connectivity index (χ1) is 15.2. The number of hydrogen-bond donors (Lipinski definition) is 1. The smallest absolute Gasteiger partial charge is 0.123 e. The van der Waals surface area contributed by atoms with Crippen LogP contribution in [0.4, 0.5) is 5.69 Å². The Hall–Kier alpha value is -2.36. The Balaban J connectivity index is 1.43. The molecule has 4 heteroatoms. The SMILES string of the molecule is O=CC1CCN(c2ccc([C@@H]3c4ccc(O)cc4CC[C@@H]3C3CCCCC3)nc2)CC1. The number of pyridine rings is 1. The molecule has 0 radical (unpaired) electrons. The lowest BCUT2D eigenvalue weighted by Crippen LogP contribution is -2.34. The molecule has 164 valence electrons. The van der Waals surface area contributed by atoms with Crippen LogP contribution >= 0.6 is 0 Å². The summed E-state index contributed by atoms with van der Waals surface area (Å²) in [5.74, 6) is 2.33. The van der Waals surface area contributed by atoms with Crippen LogP contribution in [0.2, 0.25) is 0 Å². The van der Waals surface area contributed by atoms with Crippen molar-refractivity contribution in [2.45, 2.75) is 63.7 Å². The Kier molecular flexibility index (Phi) is 5.97. The van der Waals surface area contributed by atoms with Gasteiger partial charge in [0.25, 0.3) is 0 Å². The number of nitrogens with zero attached hydrogens (tertiary/aromatic N) is 2. The summed E-state index contributed by atoms with van der Waals surface area (Å²) >= 11 is 0. The minimum Gasteiger partial charge on any atom is -0.508 e. The van der Waals surface area contributed by atoms with Gasteiger partial charge in [0.15, 0.2) is 0 Å². The zero-order chi connectivity index (χ0) is 21.2. The first-order valence-corrected chi connectivity index (χ1v) is 12.2. The van der Waals surface area contributed by atoms with Crippen molar-refractivity contribution in [1.29, 1.82) is 0 Å². The van der Waals surface area contributed by atoms with Gasteiger partial charge in [-0.25, -0.2) is 0 Å². The number of benzene rings is 1. The summed E-state index contributed by atoms with van der Waals surface area (Å²) in [7, 11) is 0. The zero-order valence-corrected chi connectivity index (χ0v) is 18.4. The molecule has 5 rings (SSSR count). The maximum Gasteiger partial charge on any atom is 0.123 e. The molecule has 2 heterocycles. The maximum atomic E-state index is 11.1. The number of aldehydes is 1. The van der Waals surface area contributed by atoms with Gasteiger partial charge in [0.05, 0.1) is 11.9 Å². The molecule has 1 saturated heterocycles. The number of carbonyl (C=O) groups excluding carboxylic acids is 1. The molecule has 3 aliphatic rings. The minimum atomic E-state index is 0.217. The highest BCUT2D eigenvalue weighted by atomic mass is 16.3. The molecule has 2 aromatic rings. The Morgan fingerprint density at radius 3 is 2.48 bits per heavy atom. The quantitative estimate of drug-likeness (QED) is 0.668. The van der Waals surface area contributed by atoms with Crippen molar-refractivity contribution < 1.29 is 9.90 Å². The van der Waals surface area contributed by atoms with Gasteiger partial charge in [-0.2, -0.15) is 0 Å². The van der Waals surface area contributed by atoms with Crippen molar-refractivity contribution in [2.75, 3.05) is 18.0 Å². The third-order valence-corrected chi connectivity index (χ3v) is 8.08. The molecule has 2 atom stereocenters. The molecule has 2 aliphatic carbocycles. The van der Waals surface area contributed by atoms with E-state index in [0.717, 1.165) is 44.6 Å². The van der Waals surface area contributed by atoms with Crippen molar-refractivity contribution in [2.24, 2.45) is 17.8 Å². The molecule has 0 amide bonds. The second-order valence-corrected chi connectivity index (χ2v) is 9.86. The topological polar surface area (TPSA) is 53.4 Å². The van der Waals surface area contributed by atoms with Gasteiger partial charge in [0.2, 0.25) is 0 Å². The van der Waals surface area contributed by atoms with Gasteiger partial charge in [-0.1, -0.05) is 38.2 Å². The number of hydrogen-bond acceptors (Lipinski definition) is 4. The van der Waals surface area contributed by atoms with Crippen LogP contribution in [-0.4, -0.2) is 29.5 Å². The Morgan fingerprint density at radius 1 is 0.968 bits per heavy atom. The normalized spacial score (nSPS) is 25.2. The molecule has 1 aromatic carbocycles. The number of phenolic OH excluding ortho intramolecular Hbond substituents is 1. The van der Waals surface area contributed by atoms with Crippen molar-refractivity contribution in [1.82, 2.24) is 4.98 Å². The summed E-state index contributed by atoms with van der Waals surface area (Å²) in [5.41, 5.74) is 5.00. The number of anilines is 1. The van der Waals surface area contributed by atoms with Crippen LogP contribution in [0.3, 0.4) is 0 Å². The van der Waals surface area contributed by atoms with Gasteiger partial charge < -0.3 is 14.8 Å². The molecular weight excluding hydrogens is 384 g/mol. The number of piperidine rings is 1. The fourth-order valence-corrected chi connectivity index (χ4v) is 6.34. The molecule has 4 nitrogen and oxygen atoms in total. The van der Waals surface area contributed by atoms with Crippen LogP contribution in [-0.2, 0) is 11.2 Å². The van der Waals surface area contributed by atoms with E-state index < -0.39 is 0 Å². The Morgan fingerprint density at radius 2 is 1.77 bits per heavy atom. The predicted octanol–water partition coefficient (Wildman–Crippen LogP) is 5.48. The van der Waals surface area contributed by atoms with E-state index in [0.29, 0.717) is 17.6 Å². The van der Waals surface area contributed by atoms with Gasteiger partial charge in [0.1, 0.15) is 12.0 Å². The van der Waals surface area contributed by atoms with E-state index in [1.165, 1.54) is 61.0 Å². The van der Waals surface area contributed by atoms with Crippen LogP contribution in [0.5, 0.6) is 5.75 Å². The highest BCUT2D eigenvalue weighted by Gasteiger charge is 2.37. The molecule has 0 bridgehead atoms. The average molecular weight is 419 g/mol. The van der Waals surface area contributed by atoms with E-state index in [1.54, 1.807) is 0 Å². The summed E-state index contributed by atoms with van der Waals surface area (Å²) in [6.45, 7) is 1.86. The third-order valence-electron chi connectivity index (χ3n) is 8.08. The molecule has 2 fully saturated rings. The molecule has 1 saturated carbocycles. The zero-order valence-electron chi connectivity index (χ0n) is 18.4. The molecular formula is C27H34N2O2. The third kappa shape index (κ3) is 4.22. The summed E-state index contributed by atoms with van der Waals surface area (Å²) in [6, 6.07) is 10.4. The predicted molar refractivity (Wildman–Crippen MR) is 124 cm³/mol. The van der Waals surface area contributed by atoms with Crippen molar-refractivity contribution in [3.63, 3.8) is 0 Å². The molecule has 1 aromatic heterocycles. The van der Waals surface area contributed by atoms with E-state index in [4.69, 9.17) is 4.98 Å². The standard InChI is InChI=1S/C27H34N2O2/c30-18-19-12-14-29(15-13-19)22-7-11-26(28-17-22)27-24(20-4-2-1-3-5-20)9-6-21-16-23(31)8-10-25(21)27/h7-8,10-11,16-20,24,27,31H,1-6,9,12-15H2/t24-,27+/m1/s1. The monoisotopic (exact) mass is 418 g/mol. The number of fused-ring (bicyclic) bond motifs is 1. The number of aromatic hydroxyl groups is 1. The number of aryl methyl sites for hydroxylation is 1. The second-order valence-electron chi connectivity index (χ2n) is 9.86. The van der Waals surface area contributed by atoms with Crippen LogP contribution < -0.4 is 4.90 Å². The van der Waals surface area contributed by atoms with Crippen LogP contribution in [0.15, 0.2) is 36.5 Å². The second kappa shape index (κ2) is 9.02. The van der Waals surface area contributed by atoms with Gasteiger partial charge in [0, 0.05) is 30.6 Å². The number of phenols is 1. The first kappa shape index (κ1) is 20.5. The largest absolute Gasteiger partial charge is 0.508 e. The molecule has 1 N–H and O–H groups in total. The van der Waals surface area contributed by atoms with E-state index >= 15 is 0 Å². The van der Waals surface area contributed by atoms with Gasteiger partial charge in [-0.05, 0) is 72.9 Å². The summed E-state index contributed by atoms with van der Waals surface area (Å²) < 4.78 is 0. The minimum absolute atomic E-state index is 0.217. The fourth-order valence-electron chi connectivity index (χ4n) is 6.34. The van der Waals surface area contributed by atoms with Crippen LogP contribution in [0.25, 0.3) is 0 Å². The van der Waals surface area contributed by atoms with Crippen LogP contribution in [0.1, 0.15) is 74.1 Å². The van der Waals surface area contributed by atoms with Crippen molar-refractivity contribution in [3.05, 3.63) is 53.3 Å². The lowest BCUT2D eigenvalue weighted by Gasteiger charge is -2.40. The molecule has 0 unspecified atom stereocenters. The number of carbonyl (C=O) groups is 1. The van der Waals surface area contributed by atoms with Crippen molar-refractivity contribution >= 4 is 12.0 Å². The Labute approximate surface area is 185 Å². The lowest BCUT2D eigenvalue weighted by molar-refractivity contribution is -0.111. The summed E-state index contributed by atoms with van der Waals surface area (Å²) in [5, 5.41) is 10.0. The van der Waals surface area contributed by atoms with Crippen molar-refractivity contribution in [3.8, 4) is 5.75 Å². The summed E-state index contributed by atoms with van der Waals surface area (Å²) in [4.78, 5) is 18.4. The highest BCUT2D eigenvalue weighted by molar-refractivity contribution is 5.55. The highest BCUT2D eigenvalue weighted by Crippen LogP contribution is 2.48. The number of aromatic nitrogens is 1. The van der Waals surface area contributed by atoms with Gasteiger partial charge in [-0.15, -0.1) is 0 Å². The molecule has 31 heavy (non-hydrogen) atoms. The summed E-state index contributed by atoms with van der Waals surface area (Å²) in [6.07, 6.45) is 14.1. The fraction of sp³-hybridized carbons (Fsp3) is 0.556. The first-order valence-electron chi connectivity index (χ1n) is 12.2. The average Bonchev–Trinajstić information content (AvgIpc) is 2.84. The number of rotatable bonds is 4. The van der Waals surface area contributed by atoms with E-state index in [2.05, 4.69) is 23.1 Å². The van der Waals surface area contributed by atoms with Crippen LogP contribution in [0, 0.1) is 17.8 Å². The van der Waals surface area contributed by atoms with E-state index in [9.17, 15) is 9.90 Å². The van der Waals surface area contributed by atoms with E-state index in [-0.39, 0.29) is 5.92 Å². The lowest BCUT2D eigenvalue weighted by atomic mass is 9.65. The van der Waals surface area contributed by atoms with E-state index in [1.807, 2.05) is 18.3 Å². The maximum absolute atomic E-state index is 11.1. The Bertz CT molecular complexity index is 896.